The lowest BCUT2D eigenvalue weighted by Gasteiger charge is -2.02. The standard InChI is InChI=1S/C20H16N2O5S2/c1-3-8-22-15-6-5-14(29(2,24)25)11-18(15)28-20(22)21-19(23)10-13-4-7-16-17(9-13)27-12-26-16/h1,4-7,9,11H,8,10,12H2,2H3. The second-order valence-corrected chi connectivity index (χ2v) is 9.47. The minimum Gasteiger partial charge on any atom is -0.454 e. The molecule has 29 heavy (non-hydrogen) atoms. The average molecular weight is 428 g/mol. The first-order valence-electron chi connectivity index (χ1n) is 8.58. The highest BCUT2D eigenvalue weighted by Gasteiger charge is 2.15. The number of nitrogens with zero attached hydrogens (tertiary/aromatic N) is 2. The van der Waals surface area contributed by atoms with E-state index in [4.69, 9.17) is 15.9 Å². The summed E-state index contributed by atoms with van der Waals surface area (Å²) in [6, 6.07) is 10.1. The van der Waals surface area contributed by atoms with Crippen LogP contribution in [-0.2, 0) is 27.6 Å². The molecule has 3 aromatic rings. The van der Waals surface area contributed by atoms with Gasteiger partial charge in [-0.25, -0.2) is 8.42 Å². The van der Waals surface area contributed by atoms with Crippen molar-refractivity contribution >= 4 is 37.3 Å². The molecule has 0 radical (unpaired) electrons. The van der Waals surface area contributed by atoms with Crippen LogP contribution in [-0.4, -0.2) is 31.9 Å². The minimum atomic E-state index is -3.34. The molecule has 0 fully saturated rings. The Kier molecular flexibility index (Phi) is 4.90. The number of carbonyl (C=O) groups is 1. The number of sulfone groups is 1. The minimum absolute atomic E-state index is 0.0928. The zero-order valence-corrected chi connectivity index (χ0v) is 17.0. The smallest absolute Gasteiger partial charge is 0.252 e. The first kappa shape index (κ1) is 19.2. The third kappa shape index (κ3) is 3.90. The number of amides is 1. The third-order valence-corrected chi connectivity index (χ3v) is 6.50. The number of terminal acetylenes is 1. The van der Waals surface area contributed by atoms with Crippen LogP contribution in [0, 0.1) is 12.3 Å². The first-order chi connectivity index (χ1) is 13.8. The van der Waals surface area contributed by atoms with Gasteiger partial charge in [0.05, 0.1) is 28.1 Å². The average Bonchev–Trinajstić information content (AvgIpc) is 3.25. The van der Waals surface area contributed by atoms with Crippen LogP contribution in [0.25, 0.3) is 10.2 Å². The van der Waals surface area contributed by atoms with Gasteiger partial charge >= 0.3 is 0 Å². The Morgan fingerprint density at radius 1 is 1.24 bits per heavy atom. The SMILES string of the molecule is C#CCn1c(=NC(=O)Cc2ccc3c(c2)OCO3)sc2cc(S(C)(=O)=O)ccc21. The largest absolute Gasteiger partial charge is 0.454 e. The van der Waals surface area contributed by atoms with E-state index in [1.165, 1.54) is 17.4 Å². The van der Waals surface area contributed by atoms with Gasteiger partial charge in [0.15, 0.2) is 26.1 Å². The van der Waals surface area contributed by atoms with E-state index in [0.717, 1.165) is 17.3 Å². The van der Waals surface area contributed by atoms with Gasteiger partial charge < -0.3 is 14.0 Å². The van der Waals surface area contributed by atoms with E-state index >= 15 is 0 Å². The fourth-order valence-electron chi connectivity index (χ4n) is 2.99. The second kappa shape index (κ2) is 7.39. The quantitative estimate of drug-likeness (QED) is 0.594. The molecule has 2 aromatic carbocycles. The number of aromatic nitrogens is 1. The molecule has 0 aliphatic carbocycles. The topological polar surface area (TPSA) is 87.0 Å². The molecule has 0 saturated heterocycles. The third-order valence-electron chi connectivity index (χ3n) is 4.34. The summed E-state index contributed by atoms with van der Waals surface area (Å²) in [5.74, 6) is 3.46. The Morgan fingerprint density at radius 3 is 2.79 bits per heavy atom. The molecule has 0 bridgehead atoms. The molecular formula is C20H16N2O5S2. The lowest BCUT2D eigenvalue weighted by atomic mass is 10.1. The molecule has 7 nitrogen and oxygen atoms in total. The number of hydrogen-bond acceptors (Lipinski definition) is 6. The molecule has 1 aromatic heterocycles. The van der Waals surface area contributed by atoms with Gasteiger partial charge in [-0.2, -0.15) is 4.99 Å². The Bertz CT molecular complexity index is 1340. The van der Waals surface area contributed by atoms with Crippen LogP contribution < -0.4 is 14.3 Å². The Hall–Kier alpha value is -3.09. The number of rotatable bonds is 4. The molecule has 148 valence electrons. The summed E-state index contributed by atoms with van der Waals surface area (Å²) in [5.41, 5.74) is 1.49. The molecule has 0 spiro atoms. The summed E-state index contributed by atoms with van der Waals surface area (Å²) in [7, 11) is -3.34. The number of ether oxygens (including phenoxy) is 2. The van der Waals surface area contributed by atoms with Crippen molar-refractivity contribution in [3.05, 3.63) is 46.8 Å². The Balaban J connectivity index is 1.71. The van der Waals surface area contributed by atoms with Crippen molar-refractivity contribution in [3.8, 4) is 23.8 Å². The van der Waals surface area contributed by atoms with Crippen molar-refractivity contribution in [3.63, 3.8) is 0 Å². The van der Waals surface area contributed by atoms with Crippen LogP contribution in [0.2, 0.25) is 0 Å². The molecular weight excluding hydrogens is 412 g/mol. The van der Waals surface area contributed by atoms with Crippen LogP contribution in [0.3, 0.4) is 0 Å². The predicted octanol–water partition coefficient (Wildman–Crippen LogP) is 2.14. The molecule has 4 rings (SSSR count). The van der Waals surface area contributed by atoms with E-state index < -0.39 is 9.84 Å². The highest BCUT2D eigenvalue weighted by Crippen LogP contribution is 2.32. The lowest BCUT2D eigenvalue weighted by Crippen LogP contribution is -2.17. The van der Waals surface area contributed by atoms with Gasteiger partial charge in [0.2, 0.25) is 6.79 Å². The molecule has 9 heteroatoms. The number of fused-ring (bicyclic) bond motifs is 2. The fourth-order valence-corrected chi connectivity index (χ4v) is 4.79. The normalized spacial score (nSPS) is 13.6. The molecule has 1 aliphatic rings. The van der Waals surface area contributed by atoms with Crippen molar-refractivity contribution in [2.24, 2.45) is 4.99 Å². The molecule has 0 unspecified atom stereocenters. The first-order valence-corrected chi connectivity index (χ1v) is 11.3. The summed E-state index contributed by atoms with van der Waals surface area (Å²) in [6.07, 6.45) is 6.71. The lowest BCUT2D eigenvalue weighted by molar-refractivity contribution is -0.117. The van der Waals surface area contributed by atoms with Gasteiger partial charge in [0.1, 0.15) is 0 Å². The van der Waals surface area contributed by atoms with Crippen LogP contribution in [0.5, 0.6) is 11.5 Å². The van der Waals surface area contributed by atoms with E-state index in [0.29, 0.717) is 21.0 Å². The number of carbonyl (C=O) groups excluding carboxylic acids is 1. The maximum atomic E-state index is 12.5. The summed E-state index contributed by atoms with van der Waals surface area (Å²) in [4.78, 5) is 17.4. The molecule has 0 atom stereocenters. The summed E-state index contributed by atoms with van der Waals surface area (Å²) in [5, 5.41) is 0. The molecule has 1 amide bonds. The van der Waals surface area contributed by atoms with E-state index in [1.807, 2.05) is 0 Å². The molecule has 2 heterocycles. The zero-order valence-electron chi connectivity index (χ0n) is 15.4. The van der Waals surface area contributed by atoms with Crippen LogP contribution in [0.1, 0.15) is 5.56 Å². The van der Waals surface area contributed by atoms with Gasteiger partial charge in [-0.1, -0.05) is 23.3 Å². The zero-order chi connectivity index (χ0) is 20.6. The van der Waals surface area contributed by atoms with Gasteiger partial charge in [0, 0.05) is 6.26 Å². The van der Waals surface area contributed by atoms with Gasteiger partial charge in [-0.3, -0.25) is 4.79 Å². The van der Waals surface area contributed by atoms with Crippen molar-refractivity contribution in [2.45, 2.75) is 17.9 Å². The molecule has 1 aliphatic heterocycles. The van der Waals surface area contributed by atoms with E-state index in [2.05, 4.69) is 10.9 Å². The maximum absolute atomic E-state index is 12.5. The highest BCUT2D eigenvalue weighted by atomic mass is 32.2. The van der Waals surface area contributed by atoms with Gasteiger partial charge in [-0.15, -0.1) is 6.42 Å². The van der Waals surface area contributed by atoms with E-state index in [1.54, 1.807) is 34.9 Å². The van der Waals surface area contributed by atoms with E-state index in [-0.39, 0.29) is 30.6 Å². The van der Waals surface area contributed by atoms with Crippen molar-refractivity contribution in [1.82, 2.24) is 4.57 Å². The number of benzene rings is 2. The van der Waals surface area contributed by atoms with Crippen LogP contribution in [0.15, 0.2) is 46.3 Å². The number of hydrogen-bond donors (Lipinski definition) is 0. The van der Waals surface area contributed by atoms with Crippen molar-refractivity contribution in [1.29, 1.82) is 0 Å². The van der Waals surface area contributed by atoms with Crippen molar-refractivity contribution in [2.75, 3.05) is 13.0 Å². The predicted molar refractivity (Wildman–Crippen MR) is 109 cm³/mol. The summed E-state index contributed by atoms with van der Waals surface area (Å²) < 4.78 is 36.7. The molecule has 0 saturated carbocycles. The molecule has 0 N–H and O–H groups in total. The van der Waals surface area contributed by atoms with E-state index in [9.17, 15) is 13.2 Å². The number of thiazole rings is 1. The highest BCUT2D eigenvalue weighted by molar-refractivity contribution is 7.90. The summed E-state index contributed by atoms with van der Waals surface area (Å²) in [6.45, 7) is 0.384. The maximum Gasteiger partial charge on any atom is 0.252 e. The van der Waals surface area contributed by atoms with Crippen LogP contribution in [0.4, 0.5) is 0 Å². The monoisotopic (exact) mass is 428 g/mol. The Morgan fingerprint density at radius 2 is 2.03 bits per heavy atom. The Labute approximate surface area is 171 Å². The van der Waals surface area contributed by atoms with Gasteiger partial charge in [0.25, 0.3) is 5.91 Å². The van der Waals surface area contributed by atoms with Crippen molar-refractivity contribution < 1.29 is 22.7 Å². The summed E-state index contributed by atoms with van der Waals surface area (Å²) >= 11 is 1.22. The van der Waals surface area contributed by atoms with Gasteiger partial charge in [-0.05, 0) is 35.9 Å². The fraction of sp³-hybridized carbons (Fsp3) is 0.200. The van der Waals surface area contributed by atoms with Crippen LogP contribution >= 0.6 is 11.3 Å². The second-order valence-electron chi connectivity index (χ2n) is 6.45.